The largest absolute Gasteiger partial charge is 0.477 e. The third kappa shape index (κ3) is 4.73. The summed E-state index contributed by atoms with van der Waals surface area (Å²) in [5.41, 5.74) is 0. The van der Waals surface area contributed by atoms with Crippen molar-refractivity contribution < 1.29 is 4.74 Å². The lowest BCUT2D eigenvalue weighted by atomic mass is 10.4. The van der Waals surface area contributed by atoms with Crippen molar-refractivity contribution >= 4 is 5.82 Å². The maximum absolute atomic E-state index is 5.48. The minimum atomic E-state index is 0.490. The zero-order valence-electron chi connectivity index (χ0n) is 10.5. The van der Waals surface area contributed by atoms with Crippen molar-refractivity contribution in [1.82, 2.24) is 9.97 Å². The first-order valence-corrected chi connectivity index (χ1v) is 5.98. The molecular weight excluding hydrogens is 214 g/mol. The van der Waals surface area contributed by atoms with E-state index in [0.717, 1.165) is 31.0 Å². The van der Waals surface area contributed by atoms with E-state index in [2.05, 4.69) is 28.1 Å². The molecule has 92 valence electrons. The Morgan fingerprint density at radius 2 is 2.24 bits per heavy atom. The Morgan fingerprint density at radius 3 is 2.88 bits per heavy atom. The van der Waals surface area contributed by atoms with Gasteiger partial charge in [-0.2, -0.15) is 4.98 Å². The highest BCUT2D eigenvalue weighted by Crippen LogP contribution is 2.14. The molecule has 0 spiro atoms. The molecule has 4 nitrogen and oxygen atoms in total. The van der Waals surface area contributed by atoms with Crippen LogP contribution in [0.1, 0.15) is 32.5 Å². The summed E-state index contributed by atoms with van der Waals surface area (Å²) < 4.78 is 5.48. The zero-order chi connectivity index (χ0) is 12.5. The zero-order valence-corrected chi connectivity index (χ0v) is 10.5. The van der Waals surface area contributed by atoms with Crippen LogP contribution in [0.15, 0.2) is 6.07 Å². The number of nitrogens with zero attached hydrogens (tertiary/aromatic N) is 2. The first kappa shape index (κ1) is 13.3. The lowest BCUT2D eigenvalue weighted by Crippen LogP contribution is -2.07. The predicted octanol–water partition coefficient (Wildman–Crippen LogP) is 2.26. The van der Waals surface area contributed by atoms with Gasteiger partial charge in [0, 0.05) is 25.5 Å². The molecule has 1 heterocycles. The number of ether oxygens (including phenoxy) is 1. The van der Waals surface area contributed by atoms with E-state index in [1.807, 2.05) is 13.0 Å². The molecule has 1 aromatic rings. The van der Waals surface area contributed by atoms with Gasteiger partial charge in [-0.1, -0.05) is 13.8 Å². The standard InChI is InChI=1S/C13H19N3O/c1-4-7-9-17-13-10-12(14-8-5-2)15-11(6-3)16-13/h1,10H,5-9H2,2-3H3,(H,14,15,16). The van der Waals surface area contributed by atoms with Crippen molar-refractivity contribution in [2.45, 2.75) is 33.1 Å². The molecule has 4 heteroatoms. The minimum Gasteiger partial charge on any atom is -0.477 e. The summed E-state index contributed by atoms with van der Waals surface area (Å²) in [6.07, 6.45) is 7.59. The predicted molar refractivity (Wildman–Crippen MR) is 69.1 cm³/mol. The monoisotopic (exact) mass is 233 g/mol. The highest BCUT2D eigenvalue weighted by Gasteiger charge is 2.03. The minimum absolute atomic E-state index is 0.490. The van der Waals surface area contributed by atoms with E-state index in [1.54, 1.807) is 0 Å². The van der Waals surface area contributed by atoms with Crippen LogP contribution in [0, 0.1) is 12.3 Å². The van der Waals surface area contributed by atoms with Gasteiger partial charge in [-0.25, -0.2) is 4.98 Å². The van der Waals surface area contributed by atoms with Gasteiger partial charge in [0.2, 0.25) is 5.88 Å². The molecule has 1 aromatic heterocycles. The molecule has 0 unspecified atom stereocenters. The lowest BCUT2D eigenvalue weighted by Gasteiger charge is -2.09. The molecule has 0 saturated carbocycles. The van der Waals surface area contributed by atoms with Gasteiger partial charge in [0.15, 0.2) is 0 Å². The van der Waals surface area contributed by atoms with Crippen LogP contribution >= 0.6 is 0 Å². The molecule has 0 bridgehead atoms. The van der Waals surface area contributed by atoms with Gasteiger partial charge < -0.3 is 10.1 Å². The molecule has 1 rings (SSSR count). The number of nitrogens with one attached hydrogen (secondary N) is 1. The van der Waals surface area contributed by atoms with Crippen molar-refractivity contribution in [3.8, 4) is 18.2 Å². The normalized spacial score (nSPS) is 9.71. The van der Waals surface area contributed by atoms with Crippen LogP contribution in [0.4, 0.5) is 5.82 Å². The number of anilines is 1. The summed E-state index contributed by atoms with van der Waals surface area (Å²) in [7, 11) is 0. The molecule has 0 aliphatic carbocycles. The Balaban J connectivity index is 2.71. The van der Waals surface area contributed by atoms with E-state index in [4.69, 9.17) is 11.2 Å². The van der Waals surface area contributed by atoms with Crippen LogP contribution in [0.5, 0.6) is 5.88 Å². The van der Waals surface area contributed by atoms with Gasteiger partial charge in [0.1, 0.15) is 18.2 Å². The fraction of sp³-hybridized carbons (Fsp3) is 0.538. The number of aromatic nitrogens is 2. The molecule has 0 aliphatic heterocycles. The average molecular weight is 233 g/mol. The molecule has 0 amide bonds. The number of hydrogen-bond acceptors (Lipinski definition) is 4. The van der Waals surface area contributed by atoms with Crippen LogP contribution in [0.3, 0.4) is 0 Å². The topological polar surface area (TPSA) is 47.0 Å². The Bertz CT molecular complexity index is 385. The van der Waals surface area contributed by atoms with Gasteiger partial charge in [0.25, 0.3) is 0 Å². The Labute approximate surface area is 103 Å². The summed E-state index contributed by atoms with van der Waals surface area (Å²) >= 11 is 0. The Kier molecular flexibility index (Phi) is 5.87. The maximum atomic E-state index is 5.48. The van der Waals surface area contributed by atoms with E-state index < -0.39 is 0 Å². The maximum Gasteiger partial charge on any atom is 0.218 e. The third-order valence-corrected chi connectivity index (χ3v) is 2.12. The number of aryl methyl sites for hydroxylation is 1. The van der Waals surface area contributed by atoms with Gasteiger partial charge in [-0.3, -0.25) is 0 Å². The second-order valence-electron chi connectivity index (χ2n) is 3.59. The van der Waals surface area contributed by atoms with E-state index in [-0.39, 0.29) is 0 Å². The highest BCUT2D eigenvalue weighted by atomic mass is 16.5. The second kappa shape index (κ2) is 7.50. The number of hydrogen-bond donors (Lipinski definition) is 1. The molecule has 0 aromatic carbocycles. The second-order valence-corrected chi connectivity index (χ2v) is 3.59. The van der Waals surface area contributed by atoms with Crippen LogP contribution in [0.25, 0.3) is 0 Å². The van der Waals surface area contributed by atoms with Gasteiger partial charge >= 0.3 is 0 Å². The highest BCUT2D eigenvalue weighted by molar-refractivity contribution is 5.38. The Hall–Kier alpha value is -1.76. The van der Waals surface area contributed by atoms with E-state index >= 15 is 0 Å². The summed E-state index contributed by atoms with van der Waals surface area (Å²) in [5, 5.41) is 3.23. The quantitative estimate of drug-likeness (QED) is 0.579. The smallest absolute Gasteiger partial charge is 0.218 e. The van der Waals surface area contributed by atoms with Crippen LogP contribution in [0.2, 0.25) is 0 Å². The summed E-state index contributed by atoms with van der Waals surface area (Å²) in [6.45, 7) is 5.51. The molecular formula is C13H19N3O. The van der Waals surface area contributed by atoms with Crippen molar-refractivity contribution in [3.05, 3.63) is 11.9 Å². The lowest BCUT2D eigenvalue weighted by molar-refractivity contribution is 0.313. The van der Waals surface area contributed by atoms with Crippen molar-refractivity contribution in [3.63, 3.8) is 0 Å². The van der Waals surface area contributed by atoms with Gasteiger partial charge in [-0.05, 0) is 6.42 Å². The summed E-state index contributed by atoms with van der Waals surface area (Å²) in [6, 6.07) is 1.81. The Morgan fingerprint density at radius 1 is 1.41 bits per heavy atom. The first-order chi connectivity index (χ1) is 8.30. The number of terminal acetylenes is 1. The average Bonchev–Trinajstić information content (AvgIpc) is 2.36. The molecule has 17 heavy (non-hydrogen) atoms. The molecule has 0 aliphatic rings. The van der Waals surface area contributed by atoms with Crippen LogP contribution in [-0.4, -0.2) is 23.1 Å². The SMILES string of the molecule is C#CCCOc1cc(NCCC)nc(CC)n1. The summed E-state index contributed by atoms with van der Waals surface area (Å²) in [5.74, 6) is 4.71. The third-order valence-electron chi connectivity index (χ3n) is 2.12. The van der Waals surface area contributed by atoms with Gasteiger partial charge in [-0.15, -0.1) is 12.3 Å². The van der Waals surface area contributed by atoms with Crippen LogP contribution in [-0.2, 0) is 6.42 Å². The molecule has 0 atom stereocenters. The first-order valence-electron chi connectivity index (χ1n) is 5.98. The molecule has 0 fully saturated rings. The van der Waals surface area contributed by atoms with E-state index in [1.165, 1.54) is 0 Å². The molecule has 0 saturated heterocycles. The van der Waals surface area contributed by atoms with Gasteiger partial charge in [0.05, 0.1) is 0 Å². The number of rotatable bonds is 7. The fourth-order valence-electron chi connectivity index (χ4n) is 1.26. The van der Waals surface area contributed by atoms with Crippen LogP contribution < -0.4 is 10.1 Å². The van der Waals surface area contributed by atoms with E-state index in [0.29, 0.717) is 18.9 Å². The molecule has 0 radical (unpaired) electrons. The summed E-state index contributed by atoms with van der Waals surface area (Å²) in [4.78, 5) is 8.66. The van der Waals surface area contributed by atoms with E-state index in [9.17, 15) is 0 Å². The fourth-order valence-corrected chi connectivity index (χ4v) is 1.26. The molecule has 1 N–H and O–H groups in total. The van der Waals surface area contributed by atoms with Crippen molar-refractivity contribution in [1.29, 1.82) is 0 Å². The van der Waals surface area contributed by atoms with Crippen molar-refractivity contribution in [2.75, 3.05) is 18.5 Å². The van der Waals surface area contributed by atoms with Crippen molar-refractivity contribution in [2.24, 2.45) is 0 Å².